The Morgan fingerprint density at radius 2 is 1.89 bits per heavy atom. The first-order chi connectivity index (χ1) is 16.9. The number of esters is 1. The average molecular weight is 513 g/mol. The summed E-state index contributed by atoms with van der Waals surface area (Å²) in [6, 6.07) is 14.6. The van der Waals surface area contributed by atoms with E-state index >= 15 is 0 Å². The van der Waals surface area contributed by atoms with Crippen molar-refractivity contribution in [3.8, 4) is 11.5 Å². The van der Waals surface area contributed by atoms with Gasteiger partial charge in [-0.1, -0.05) is 66.5 Å². The van der Waals surface area contributed by atoms with Gasteiger partial charge in [-0.15, -0.1) is 0 Å². The molecule has 0 radical (unpaired) electrons. The number of allylic oxidation sites excluding steroid dienone is 2. The highest BCUT2D eigenvalue weighted by Crippen LogP contribution is 2.31. The quantitative estimate of drug-likeness (QED) is 0.290. The first kappa shape index (κ1) is 26.0. The summed E-state index contributed by atoms with van der Waals surface area (Å²) in [6.07, 6.45) is 5.26. The van der Waals surface area contributed by atoms with Crippen molar-refractivity contribution in [1.82, 2.24) is 4.90 Å². The molecule has 3 rings (SSSR count). The van der Waals surface area contributed by atoms with Gasteiger partial charge in [0, 0.05) is 12.6 Å². The highest BCUT2D eigenvalue weighted by atomic mass is 32.2. The molecule has 1 heterocycles. The van der Waals surface area contributed by atoms with E-state index in [0.717, 1.165) is 5.56 Å². The van der Waals surface area contributed by atoms with Crippen LogP contribution in [0.15, 0.2) is 65.6 Å². The molecule has 10 heteroatoms. The van der Waals surface area contributed by atoms with Crippen LogP contribution in [-0.2, 0) is 19.1 Å². The lowest BCUT2D eigenvalue weighted by Gasteiger charge is -2.14. The number of rotatable bonds is 10. The number of thioether (sulfide) groups is 1. The normalized spacial score (nSPS) is 14.5. The van der Waals surface area contributed by atoms with Crippen LogP contribution in [0, 0.1) is 0 Å². The summed E-state index contributed by atoms with van der Waals surface area (Å²) in [7, 11) is 2.98. The van der Waals surface area contributed by atoms with Crippen LogP contribution in [0.4, 0.5) is 5.69 Å². The van der Waals surface area contributed by atoms with Crippen molar-refractivity contribution in [2.24, 2.45) is 0 Å². The van der Waals surface area contributed by atoms with Gasteiger partial charge in [-0.25, -0.2) is 0 Å². The third kappa shape index (κ3) is 7.43. The summed E-state index contributed by atoms with van der Waals surface area (Å²) in [4.78, 5) is 38.8. The van der Waals surface area contributed by atoms with Crippen molar-refractivity contribution in [2.45, 2.75) is 6.42 Å². The number of hydrogen-bond donors (Lipinski definition) is 1. The maximum Gasteiger partial charge on any atom is 0.308 e. The molecule has 182 valence electrons. The van der Waals surface area contributed by atoms with E-state index in [2.05, 4.69) is 5.32 Å². The highest BCUT2D eigenvalue weighted by molar-refractivity contribution is 8.26. The molecule has 1 saturated heterocycles. The standard InChI is InChI=1S/C25H24N2O6S2/c1-31-18-11-12-20(32-2)19(15-18)26-22(28)16-33-23(29)13-14-27-24(30)21(35-25(27)34)10-6-9-17-7-4-3-5-8-17/h3-12,15H,13-14,16H2,1-2H3,(H,26,28)/b9-6+,21-10-. The molecular weight excluding hydrogens is 488 g/mol. The van der Waals surface area contributed by atoms with Crippen LogP contribution >= 0.6 is 24.0 Å². The number of nitrogens with zero attached hydrogens (tertiary/aromatic N) is 1. The summed E-state index contributed by atoms with van der Waals surface area (Å²) in [6.45, 7) is -0.420. The zero-order valence-corrected chi connectivity index (χ0v) is 20.8. The van der Waals surface area contributed by atoms with Crippen LogP contribution in [-0.4, -0.2) is 54.4 Å². The predicted octanol–water partition coefficient (Wildman–Crippen LogP) is 4.03. The average Bonchev–Trinajstić information content (AvgIpc) is 3.14. The van der Waals surface area contributed by atoms with Gasteiger partial charge in [-0.05, 0) is 23.8 Å². The van der Waals surface area contributed by atoms with Crippen LogP contribution in [0.5, 0.6) is 11.5 Å². The third-order valence-electron chi connectivity index (χ3n) is 4.79. The number of anilines is 1. The number of carbonyl (C=O) groups is 3. The van der Waals surface area contributed by atoms with Gasteiger partial charge in [0.15, 0.2) is 6.61 Å². The van der Waals surface area contributed by atoms with Crippen molar-refractivity contribution in [3.05, 3.63) is 71.2 Å². The SMILES string of the molecule is COc1ccc(OC)c(NC(=O)COC(=O)CCN2C(=O)/C(=C/C=C/c3ccccc3)SC2=S)c1. The molecule has 35 heavy (non-hydrogen) atoms. The Kier molecular flexibility index (Phi) is 9.45. The minimum Gasteiger partial charge on any atom is -0.497 e. The lowest BCUT2D eigenvalue weighted by Crippen LogP contribution is -2.31. The molecule has 0 spiro atoms. The molecule has 1 aliphatic heterocycles. The molecule has 0 unspecified atom stereocenters. The predicted molar refractivity (Wildman–Crippen MR) is 139 cm³/mol. The summed E-state index contributed by atoms with van der Waals surface area (Å²) in [5.74, 6) is -0.463. The molecule has 0 aliphatic carbocycles. The zero-order chi connectivity index (χ0) is 25.2. The van der Waals surface area contributed by atoms with E-state index in [1.807, 2.05) is 36.4 Å². The molecule has 0 aromatic heterocycles. The number of amides is 2. The van der Waals surface area contributed by atoms with Gasteiger partial charge < -0.3 is 19.5 Å². The van der Waals surface area contributed by atoms with E-state index in [-0.39, 0.29) is 18.9 Å². The smallest absolute Gasteiger partial charge is 0.308 e. The molecule has 8 nitrogen and oxygen atoms in total. The van der Waals surface area contributed by atoms with E-state index in [9.17, 15) is 14.4 Å². The summed E-state index contributed by atoms with van der Waals surface area (Å²) in [5, 5.41) is 2.62. The zero-order valence-electron chi connectivity index (χ0n) is 19.2. The van der Waals surface area contributed by atoms with Crippen molar-refractivity contribution >= 4 is 57.8 Å². The lowest BCUT2D eigenvalue weighted by molar-refractivity contribution is -0.147. The topological polar surface area (TPSA) is 94.2 Å². The first-order valence-electron chi connectivity index (χ1n) is 10.6. The van der Waals surface area contributed by atoms with Crippen molar-refractivity contribution in [2.75, 3.05) is 32.7 Å². The largest absolute Gasteiger partial charge is 0.497 e. The van der Waals surface area contributed by atoms with Gasteiger partial charge in [0.25, 0.3) is 11.8 Å². The van der Waals surface area contributed by atoms with Crippen LogP contribution in [0.3, 0.4) is 0 Å². The number of carbonyl (C=O) groups excluding carboxylic acids is 3. The van der Waals surface area contributed by atoms with Gasteiger partial charge in [0.05, 0.1) is 31.2 Å². The summed E-state index contributed by atoms with van der Waals surface area (Å²) >= 11 is 6.45. The van der Waals surface area contributed by atoms with Crippen molar-refractivity contribution < 1.29 is 28.6 Å². The molecule has 0 bridgehead atoms. The molecule has 2 aromatic carbocycles. The molecule has 1 fully saturated rings. The van der Waals surface area contributed by atoms with Crippen LogP contribution in [0.25, 0.3) is 6.08 Å². The second-order valence-electron chi connectivity index (χ2n) is 7.15. The van der Waals surface area contributed by atoms with Gasteiger partial charge in [0.2, 0.25) is 0 Å². The van der Waals surface area contributed by atoms with Crippen molar-refractivity contribution in [3.63, 3.8) is 0 Å². The van der Waals surface area contributed by atoms with E-state index in [4.69, 9.17) is 26.4 Å². The Hall–Kier alpha value is -3.63. The van der Waals surface area contributed by atoms with Gasteiger partial charge in [0.1, 0.15) is 15.8 Å². The number of nitrogens with one attached hydrogen (secondary N) is 1. The number of thiocarbonyl (C=S) groups is 1. The molecule has 0 saturated carbocycles. The van der Waals surface area contributed by atoms with Gasteiger partial charge in [-0.2, -0.15) is 0 Å². The number of benzene rings is 2. The van der Waals surface area contributed by atoms with Crippen molar-refractivity contribution in [1.29, 1.82) is 0 Å². The molecule has 2 aromatic rings. The second-order valence-corrected chi connectivity index (χ2v) is 8.83. The Morgan fingerprint density at radius 3 is 2.60 bits per heavy atom. The first-order valence-corrected chi connectivity index (χ1v) is 11.8. The third-order valence-corrected chi connectivity index (χ3v) is 6.19. The van der Waals surface area contributed by atoms with Crippen LogP contribution in [0.2, 0.25) is 0 Å². The maximum absolute atomic E-state index is 12.6. The lowest BCUT2D eigenvalue weighted by atomic mass is 10.2. The van der Waals surface area contributed by atoms with Gasteiger partial charge in [-0.3, -0.25) is 19.3 Å². The maximum atomic E-state index is 12.6. The summed E-state index contributed by atoms with van der Waals surface area (Å²) < 4.78 is 15.7. The Morgan fingerprint density at radius 1 is 1.11 bits per heavy atom. The Labute approximate surface area is 212 Å². The fourth-order valence-electron chi connectivity index (χ4n) is 3.04. The fourth-order valence-corrected chi connectivity index (χ4v) is 4.30. The van der Waals surface area contributed by atoms with Crippen LogP contribution < -0.4 is 14.8 Å². The monoisotopic (exact) mass is 512 g/mol. The molecule has 0 atom stereocenters. The fraction of sp³-hybridized carbons (Fsp3) is 0.200. The molecular formula is C25H24N2O6S2. The van der Waals surface area contributed by atoms with Crippen LogP contribution in [0.1, 0.15) is 12.0 Å². The minimum absolute atomic E-state index is 0.0641. The van der Waals surface area contributed by atoms with E-state index in [1.54, 1.807) is 30.4 Å². The molecule has 2 amide bonds. The Bertz CT molecular complexity index is 1160. The number of methoxy groups -OCH3 is 2. The van der Waals surface area contributed by atoms with E-state index in [1.165, 1.54) is 30.9 Å². The summed E-state index contributed by atoms with van der Waals surface area (Å²) in [5.41, 5.74) is 1.40. The molecule has 1 N–H and O–H groups in total. The second kappa shape index (κ2) is 12.7. The van der Waals surface area contributed by atoms with E-state index in [0.29, 0.717) is 26.4 Å². The highest BCUT2D eigenvalue weighted by Gasteiger charge is 2.31. The van der Waals surface area contributed by atoms with E-state index < -0.39 is 18.5 Å². The molecule has 1 aliphatic rings. The number of hydrogen-bond acceptors (Lipinski definition) is 8. The Balaban J connectivity index is 1.46. The number of ether oxygens (including phenoxy) is 3. The van der Waals surface area contributed by atoms with Gasteiger partial charge >= 0.3 is 5.97 Å². The minimum atomic E-state index is -0.625.